The number of hydrogen-bond acceptors (Lipinski definition) is 6. The third kappa shape index (κ3) is 3.88. The van der Waals surface area contributed by atoms with Gasteiger partial charge in [0.1, 0.15) is 17.4 Å². The molecule has 0 amide bonds. The molecule has 0 fully saturated rings. The monoisotopic (exact) mass is 450 g/mol. The van der Waals surface area contributed by atoms with Crippen LogP contribution in [0.3, 0.4) is 0 Å². The summed E-state index contributed by atoms with van der Waals surface area (Å²) in [5, 5.41) is 0. The fourth-order valence-corrected chi connectivity index (χ4v) is 4.76. The minimum atomic E-state index is -0.732. The van der Waals surface area contributed by atoms with Gasteiger partial charge in [-0.25, -0.2) is 9.18 Å². The maximum absolute atomic E-state index is 15.0. The van der Waals surface area contributed by atoms with Gasteiger partial charge >= 0.3 is 5.97 Å². The second-order valence-corrected chi connectivity index (χ2v) is 9.08. The summed E-state index contributed by atoms with van der Waals surface area (Å²) in [6.45, 7) is 3.98. The van der Waals surface area contributed by atoms with Crippen molar-refractivity contribution in [1.29, 1.82) is 0 Å². The summed E-state index contributed by atoms with van der Waals surface area (Å²) >= 11 is 0. The molecule has 2 aromatic rings. The number of rotatable bonds is 4. The van der Waals surface area contributed by atoms with Gasteiger partial charge in [-0.15, -0.1) is 0 Å². The second kappa shape index (κ2) is 8.39. The first-order valence-corrected chi connectivity index (χ1v) is 10.7. The molecule has 1 heterocycles. The van der Waals surface area contributed by atoms with E-state index in [0.717, 1.165) is 0 Å². The molecule has 0 bridgehead atoms. The number of anilines is 1. The highest BCUT2D eigenvalue weighted by molar-refractivity contribution is 6.05. The first-order valence-electron chi connectivity index (χ1n) is 10.7. The first-order chi connectivity index (χ1) is 15.7. The van der Waals surface area contributed by atoms with E-state index in [-0.39, 0.29) is 28.3 Å². The van der Waals surface area contributed by atoms with E-state index in [2.05, 4.69) is 0 Å². The van der Waals surface area contributed by atoms with E-state index >= 15 is 0 Å². The number of benzene rings is 2. The Labute approximate surface area is 192 Å². The average Bonchev–Trinajstić information content (AvgIpc) is 2.78. The summed E-state index contributed by atoms with van der Waals surface area (Å²) < 4.78 is 25.3. The molecule has 33 heavy (non-hydrogen) atoms. The number of Topliss-reactive ketones (excluding diaryl/α,β-unsaturated/α-hetero) is 1. The van der Waals surface area contributed by atoms with Gasteiger partial charge in [0, 0.05) is 17.7 Å². The molecular formula is C26H27FN2O4. The van der Waals surface area contributed by atoms with E-state index < -0.39 is 17.7 Å². The lowest BCUT2D eigenvalue weighted by Gasteiger charge is -2.44. The van der Waals surface area contributed by atoms with Crippen LogP contribution in [0.1, 0.15) is 38.2 Å². The minimum absolute atomic E-state index is 0.0528. The Bertz CT molecular complexity index is 1180. The lowest BCUT2D eigenvalue weighted by Crippen LogP contribution is -2.44. The molecule has 6 nitrogen and oxygen atoms in total. The fraction of sp³-hybridized carbons (Fsp3) is 0.308. The molecule has 1 aliphatic heterocycles. The molecule has 4 rings (SSSR count). The molecule has 0 unspecified atom stereocenters. The van der Waals surface area contributed by atoms with Crippen LogP contribution in [0.4, 0.5) is 10.1 Å². The van der Waals surface area contributed by atoms with Gasteiger partial charge in [0.05, 0.1) is 31.4 Å². The number of nitrogens with two attached hydrogens (primary N) is 1. The molecule has 2 aromatic carbocycles. The summed E-state index contributed by atoms with van der Waals surface area (Å²) in [4.78, 5) is 28.1. The number of allylic oxidation sites excluding steroid dienone is 2. The minimum Gasteiger partial charge on any atom is -0.497 e. The normalized spacial score (nSPS) is 20.0. The highest BCUT2D eigenvalue weighted by Gasteiger charge is 2.46. The van der Waals surface area contributed by atoms with Crippen molar-refractivity contribution in [3.8, 4) is 5.75 Å². The van der Waals surface area contributed by atoms with Gasteiger partial charge in [0.15, 0.2) is 5.78 Å². The van der Waals surface area contributed by atoms with Gasteiger partial charge in [-0.2, -0.15) is 0 Å². The second-order valence-electron chi connectivity index (χ2n) is 9.08. The van der Waals surface area contributed by atoms with Gasteiger partial charge in [0.2, 0.25) is 0 Å². The molecule has 0 aromatic heterocycles. The number of halogens is 1. The van der Waals surface area contributed by atoms with Crippen LogP contribution >= 0.6 is 0 Å². The Kier molecular flexibility index (Phi) is 5.74. The standard InChI is InChI=1S/C26H27FN2O4/c1-26(2)13-19-22(20(30)14-26)21(15-9-11-16(32-3)12-10-15)23(25(31)33-4)24(28)29(19)18-8-6-5-7-17(18)27/h5-12,21H,13-14,28H2,1-4H3/t21-/m1/s1. The molecule has 0 radical (unpaired) electrons. The van der Waals surface area contributed by atoms with Crippen molar-refractivity contribution in [1.82, 2.24) is 0 Å². The quantitative estimate of drug-likeness (QED) is 0.695. The van der Waals surface area contributed by atoms with Crippen LogP contribution in [-0.4, -0.2) is 26.0 Å². The lowest BCUT2D eigenvalue weighted by molar-refractivity contribution is -0.136. The third-order valence-electron chi connectivity index (χ3n) is 6.21. The van der Waals surface area contributed by atoms with E-state index in [1.165, 1.54) is 18.1 Å². The number of carbonyl (C=O) groups is 2. The van der Waals surface area contributed by atoms with E-state index in [9.17, 15) is 14.0 Å². The molecule has 0 saturated heterocycles. The number of methoxy groups -OCH3 is 2. The lowest BCUT2D eigenvalue weighted by atomic mass is 9.68. The smallest absolute Gasteiger partial charge is 0.338 e. The molecule has 2 N–H and O–H groups in total. The maximum atomic E-state index is 15.0. The Morgan fingerprint density at radius 3 is 2.36 bits per heavy atom. The number of esters is 1. The van der Waals surface area contributed by atoms with Gasteiger partial charge in [0.25, 0.3) is 0 Å². The number of ether oxygens (including phenoxy) is 2. The van der Waals surface area contributed by atoms with Crippen molar-refractivity contribution < 1.29 is 23.5 Å². The van der Waals surface area contributed by atoms with Crippen molar-refractivity contribution in [3.63, 3.8) is 0 Å². The van der Waals surface area contributed by atoms with Crippen molar-refractivity contribution >= 4 is 17.4 Å². The summed E-state index contributed by atoms with van der Waals surface area (Å²) in [6, 6.07) is 13.3. The zero-order valence-corrected chi connectivity index (χ0v) is 19.1. The highest BCUT2D eigenvalue weighted by atomic mass is 19.1. The van der Waals surface area contributed by atoms with E-state index in [1.807, 2.05) is 13.8 Å². The van der Waals surface area contributed by atoms with E-state index in [4.69, 9.17) is 15.2 Å². The number of ketones is 1. The van der Waals surface area contributed by atoms with Crippen molar-refractivity contribution in [2.75, 3.05) is 19.1 Å². The van der Waals surface area contributed by atoms with Crippen LogP contribution in [0.2, 0.25) is 0 Å². The summed E-state index contributed by atoms with van der Waals surface area (Å²) in [5.41, 5.74) is 8.28. The van der Waals surface area contributed by atoms with Crippen LogP contribution in [0.25, 0.3) is 0 Å². The summed E-state index contributed by atoms with van der Waals surface area (Å²) in [5.74, 6) is -1.31. The predicted octanol–water partition coefficient (Wildman–Crippen LogP) is 4.42. The topological polar surface area (TPSA) is 81.9 Å². The Balaban J connectivity index is 2.03. The number of hydrogen-bond donors (Lipinski definition) is 1. The Morgan fingerprint density at radius 2 is 1.76 bits per heavy atom. The van der Waals surface area contributed by atoms with E-state index in [0.29, 0.717) is 35.4 Å². The van der Waals surface area contributed by atoms with Crippen molar-refractivity contribution in [3.05, 3.63) is 82.6 Å². The van der Waals surface area contributed by atoms with Crippen LogP contribution in [0.15, 0.2) is 71.2 Å². The number of para-hydroxylation sites is 1. The van der Waals surface area contributed by atoms with Gasteiger partial charge < -0.3 is 15.2 Å². The largest absolute Gasteiger partial charge is 0.497 e. The molecule has 0 spiro atoms. The average molecular weight is 451 g/mol. The Hall–Kier alpha value is -3.61. The summed E-state index contributed by atoms with van der Waals surface area (Å²) in [6.07, 6.45) is 0.794. The van der Waals surface area contributed by atoms with Crippen LogP contribution in [0, 0.1) is 11.2 Å². The number of nitrogens with zero attached hydrogens (tertiary/aromatic N) is 1. The van der Waals surface area contributed by atoms with Gasteiger partial charge in [-0.3, -0.25) is 9.69 Å². The van der Waals surface area contributed by atoms with Crippen LogP contribution in [-0.2, 0) is 14.3 Å². The molecule has 1 atom stereocenters. The maximum Gasteiger partial charge on any atom is 0.338 e. The van der Waals surface area contributed by atoms with Crippen LogP contribution < -0.4 is 15.4 Å². The molecule has 2 aliphatic rings. The molecule has 1 aliphatic carbocycles. The van der Waals surface area contributed by atoms with Gasteiger partial charge in [-0.05, 0) is 41.7 Å². The molecule has 7 heteroatoms. The number of carbonyl (C=O) groups excluding carboxylic acids is 2. The zero-order valence-electron chi connectivity index (χ0n) is 19.1. The first kappa shape index (κ1) is 22.6. The zero-order chi connectivity index (χ0) is 23.9. The highest BCUT2D eigenvalue weighted by Crippen LogP contribution is 2.50. The summed E-state index contributed by atoms with van der Waals surface area (Å²) in [7, 11) is 2.82. The van der Waals surface area contributed by atoms with Crippen molar-refractivity contribution in [2.45, 2.75) is 32.6 Å². The predicted molar refractivity (Wildman–Crippen MR) is 123 cm³/mol. The molecular weight excluding hydrogens is 423 g/mol. The molecule has 0 saturated carbocycles. The van der Waals surface area contributed by atoms with Crippen molar-refractivity contribution in [2.24, 2.45) is 11.1 Å². The fourth-order valence-electron chi connectivity index (χ4n) is 4.76. The van der Waals surface area contributed by atoms with E-state index in [1.54, 1.807) is 49.6 Å². The SMILES string of the molecule is COC(=O)C1=C(N)N(c2ccccc2F)C2=C(C(=O)CC(C)(C)C2)[C@H]1c1ccc(OC)cc1. The van der Waals surface area contributed by atoms with Gasteiger partial charge in [-0.1, -0.05) is 38.1 Å². The third-order valence-corrected chi connectivity index (χ3v) is 6.21. The van der Waals surface area contributed by atoms with Crippen LogP contribution in [0.5, 0.6) is 5.75 Å². The Morgan fingerprint density at radius 1 is 1.09 bits per heavy atom. The molecule has 172 valence electrons.